The fourth-order valence-electron chi connectivity index (χ4n) is 2.42. The SMILES string of the molecule is COc1ccc(N(C=O)C(=O)Nc2ccc3c(c2)CCO3)cc1. The van der Waals surface area contributed by atoms with Gasteiger partial charge in [-0.1, -0.05) is 0 Å². The average molecular weight is 312 g/mol. The van der Waals surface area contributed by atoms with Crippen LogP contribution in [0.4, 0.5) is 16.2 Å². The zero-order valence-corrected chi connectivity index (χ0v) is 12.6. The summed E-state index contributed by atoms with van der Waals surface area (Å²) in [5.74, 6) is 1.49. The second-order valence-corrected chi connectivity index (χ2v) is 5.02. The molecule has 3 amide bonds. The first-order valence-electron chi connectivity index (χ1n) is 7.16. The number of nitrogens with one attached hydrogen (secondary N) is 1. The topological polar surface area (TPSA) is 67.9 Å². The van der Waals surface area contributed by atoms with Crippen LogP contribution in [0.25, 0.3) is 0 Å². The van der Waals surface area contributed by atoms with Crippen LogP contribution < -0.4 is 19.7 Å². The highest BCUT2D eigenvalue weighted by molar-refractivity contribution is 6.12. The Morgan fingerprint density at radius 1 is 1.26 bits per heavy atom. The summed E-state index contributed by atoms with van der Waals surface area (Å²) >= 11 is 0. The number of hydrogen-bond acceptors (Lipinski definition) is 4. The minimum atomic E-state index is -0.524. The number of fused-ring (bicyclic) bond motifs is 1. The average Bonchev–Trinajstić information content (AvgIpc) is 3.04. The third-order valence-electron chi connectivity index (χ3n) is 3.62. The summed E-state index contributed by atoms with van der Waals surface area (Å²) < 4.78 is 10.5. The van der Waals surface area contributed by atoms with Crippen LogP contribution in [0.3, 0.4) is 0 Å². The van der Waals surface area contributed by atoms with Crippen molar-refractivity contribution in [2.75, 3.05) is 23.9 Å². The normalized spacial score (nSPS) is 12.0. The molecule has 0 radical (unpaired) electrons. The van der Waals surface area contributed by atoms with E-state index in [9.17, 15) is 9.59 Å². The first-order valence-corrected chi connectivity index (χ1v) is 7.16. The van der Waals surface area contributed by atoms with Gasteiger partial charge >= 0.3 is 6.03 Å². The molecule has 1 heterocycles. The van der Waals surface area contributed by atoms with E-state index in [2.05, 4.69) is 5.32 Å². The van der Waals surface area contributed by atoms with E-state index in [0.29, 0.717) is 30.1 Å². The number of ether oxygens (including phenoxy) is 2. The lowest BCUT2D eigenvalue weighted by atomic mass is 10.1. The van der Waals surface area contributed by atoms with Gasteiger partial charge in [0.2, 0.25) is 6.41 Å². The molecule has 0 aromatic heterocycles. The Morgan fingerprint density at radius 3 is 2.74 bits per heavy atom. The summed E-state index contributed by atoms with van der Waals surface area (Å²) in [4.78, 5) is 24.6. The number of carbonyl (C=O) groups is 2. The molecular formula is C17H16N2O4. The molecule has 3 rings (SSSR count). The number of carbonyl (C=O) groups excluding carboxylic acids is 2. The van der Waals surface area contributed by atoms with Crippen LogP contribution >= 0.6 is 0 Å². The fourth-order valence-corrected chi connectivity index (χ4v) is 2.42. The molecule has 0 spiro atoms. The van der Waals surface area contributed by atoms with Gasteiger partial charge in [-0.15, -0.1) is 0 Å². The van der Waals surface area contributed by atoms with Crippen molar-refractivity contribution in [1.29, 1.82) is 0 Å². The summed E-state index contributed by atoms with van der Waals surface area (Å²) in [5.41, 5.74) is 2.13. The Hall–Kier alpha value is -3.02. The molecule has 0 bridgehead atoms. The van der Waals surface area contributed by atoms with Crippen molar-refractivity contribution >= 4 is 23.8 Å². The minimum absolute atomic E-state index is 0.461. The Bertz CT molecular complexity index is 728. The summed E-state index contributed by atoms with van der Waals surface area (Å²) in [6.45, 7) is 0.652. The van der Waals surface area contributed by atoms with Crippen LogP contribution in [0.5, 0.6) is 11.5 Å². The van der Waals surface area contributed by atoms with E-state index in [4.69, 9.17) is 9.47 Å². The summed E-state index contributed by atoms with van der Waals surface area (Å²) in [5, 5.41) is 2.72. The molecule has 2 aromatic carbocycles. The van der Waals surface area contributed by atoms with Crippen molar-refractivity contribution < 1.29 is 19.1 Å². The van der Waals surface area contributed by atoms with Crippen LogP contribution in [0.2, 0.25) is 0 Å². The maximum Gasteiger partial charge on any atom is 0.332 e. The molecule has 6 heteroatoms. The monoisotopic (exact) mass is 312 g/mol. The van der Waals surface area contributed by atoms with E-state index < -0.39 is 6.03 Å². The van der Waals surface area contributed by atoms with Gasteiger partial charge in [0.15, 0.2) is 0 Å². The van der Waals surface area contributed by atoms with Gasteiger partial charge in [-0.25, -0.2) is 9.69 Å². The van der Waals surface area contributed by atoms with Crippen LogP contribution in [0.15, 0.2) is 42.5 Å². The van der Waals surface area contributed by atoms with Crippen molar-refractivity contribution in [1.82, 2.24) is 0 Å². The Balaban J connectivity index is 1.75. The molecule has 0 unspecified atom stereocenters. The van der Waals surface area contributed by atoms with E-state index >= 15 is 0 Å². The molecule has 0 saturated carbocycles. The third-order valence-corrected chi connectivity index (χ3v) is 3.62. The lowest BCUT2D eigenvalue weighted by molar-refractivity contribution is -0.106. The number of amides is 3. The van der Waals surface area contributed by atoms with Gasteiger partial charge < -0.3 is 14.8 Å². The predicted molar refractivity (Wildman–Crippen MR) is 86.2 cm³/mol. The maximum absolute atomic E-state index is 12.3. The summed E-state index contributed by atoms with van der Waals surface area (Å²) in [7, 11) is 1.55. The van der Waals surface area contributed by atoms with Crippen molar-refractivity contribution in [3.8, 4) is 11.5 Å². The third kappa shape index (κ3) is 3.11. The number of nitrogens with zero attached hydrogens (tertiary/aromatic N) is 1. The van der Waals surface area contributed by atoms with Crippen LogP contribution in [0.1, 0.15) is 5.56 Å². The van der Waals surface area contributed by atoms with Crippen molar-refractivity contribution in [2.45, 2.75) is 6.42 Å². The van der Waals surface area contributed by atoms with E-state index in [1.54, 1.807) is 37.4 Å². The number of hydrogen-bond donors (Lipinski definition) is 1. The van der Waals surface area contributed by atoms with Gasteiger partial charge in [0, 0.05) is 12.1 Å². The van der Waals surface area contributed by atoms with E-state index in [-0.39, 0.29) is 0 Å². The first-order chi connectivity index (χ1) is 11.2. The molecule has 1 aliphatic rings. The van der Waals surface area contributed by atoms with Crippen molar-refractivity contribution in [3.05, 3.63) is 48.0 Å². The highest BCUT2D eigenvalue weighted by atomic mass is 16.5. The number of urea groups is 1. The number of methoxy groups -OCH3 is 1. The lowest BCUT2D eigenvalue weighted by Gasteiger charge is -2.17. The van der Waals surface area contributed by atoms with Gasteiger partial charge in [0.1, 0.15) is 11.5 Å². The van der Waals surface area contributed by atoms with E-state index in [1.165, 1.54) is 0 Å². The Labute approximate surface area is 133 Å². The molecule has 0 aliphatic carbocycles. The van der Waals surface area contributed by atoms with E-state index in [1.807, 2.05) is 12.1 Å². The lowest BCUT2D eigenvalue weighted by Crippen LogP contribution is -2.33. The Kier molecular flexibility index (Phi) is 4.14. The molecule has 1 N–H and O–H groups in total. The zero-order chi connectivity index (χ0) is 16.2. The standard InChI is InChI=1S/C17H16N2O4/c1-22-15-5-3-14(4-6-15)19(11-20)17(21)18-13-2-7-16-12(10-13)8-9-23-16/h2-7,10-11H,8-9H2,1H3,(H,18,21). The Morgan fingerprint density at radius 2 is 2.04 bits per heavy atom. The van der Waals surface area contributed by atoms with Gasteiger partial charge in [0.05, 0.1) is 19.4 Å². The predicted octanol–water partition coefficient (Wildman–Crippen LogP) is 2.83. The van der Waals surface area contributed by atoms with Crippen molar-refractivity contribution in [2.24, 2.45) is 0 Å². The number of benzene rings is 2. The molecule has 0 fully saturated rings. The summed E-state index contributed by atoms with van der Waals surface area (Å²) in [6, 6.07) is 11.6. The molecule has 118 valence electrons. The van der Waals surface area contributed by atoms with Gasteiger partial charge in [0.25, 0.3) is 0 Å². The maximum atomic E-state index is 12.3. The fraction of sp³-hybridized carbons (Fsp3) is 0.176. The smallest absolute Gasteiger partial charge is 0.332 e. The van der Waals surface area contributed by atoms with Gasteiger partial charge in [-0.05, 0) is 48.0 Å². The largest absolute Gasteiger partial charge is 0.497 e. The molecule has 1 aliphatic heterocycles. The highest BCUT2D eigenvalue weighted by Gasteiger charge is 2.17. The number of imide groups is 1. The molecule has 0 atom stereocenters. The van der Waals surface area contributed by atoms with E-state index in [0.717, 1.165) is 22.6 Å². The van der Waals surface area contributed by atoms with Crippen molar-refractivity contribution in [3.63, 3.8) is 0 Å². The zero-order valence-electron chi connectivity index (χ0n) is 12.6. The first kappa shape index (κ1) is 14.9. The summed E-state index contributed by atoms with van der Waals surface area (Å²) in [6.07, 6.45) is 1.29. The molecule has 2 aromatic rings. The van der Waals surface area contributed by atoms with Gasteiger partial charge in [-0.2, -0.15) is 0 Å². The van der Waals surface area contributed by atoms with Gasteiger partial charge in [-0.3, -0.25) is 4.79 Å². The molecule has 0 saturated heterocycles. The quantitative estimate of drug-likeness (QED) is 0.882. The van der Waals surface area contributed by atoms with Crippen LogP contribution in [0, 0.1) is 0 Å². The molecule has 6 nitrogen and oxygen atoms in total. The second-order valence-electron chi connectivity index (χ2n) is 5.02. The molecular weight excluding hydrogens is 296 g/mol. The number of rotatable bonds is 4. The highest BCUT2D eigenvalue weighted by Crippen LogP contribution is 2.28. The minimum Gasteiger partial charge on any atom is -0.497 e. The second kappa shape index (κ2) is 6.39. The number of anilines is 2. The van der Waals surface area contributed by atoms with Crippen LogP contribution in [-0.4, -0.2) is 26.2 Å². The molecule has 23 heavy (non-hydrogen) atoms. The van der Waals surface area contributed by atoms with Crippen LogP contribution in [-0.2, 0) is 11.2 Å².